The highest BCUT2D eigenvalue weighted by atomic mass is 16.5. The van der Waals surface area contributed by atoms with Gasteiger partial charge in [0, 0.05) is 6.54 Å². The van der Waals surface area contributed by atoms with Gasteiger partial charge in [-0.3, -0.25) is 0 Å². The Kier molecular flexibility index (Phi) is 4.69. The minimum absolute atomic E-state index is 0.106. The van der Waals surface area contributed by atoms with Crippen molar-refractivity contribution >= 4 is 0 Å². The van der Waals surface area contributed by atoms with Crippen molar-refractivity contribution in [3.8, 4) is 5.75 Å². The molecule has 0 fully saturated rings. The molecule has 2 aromatic carbocycles. The van der Waals surface area contributed by atoms with Gasteiger partial charge in [-0.05, 0) is 35.1 Å². The lowest BCUT2D eigenvalue weighted by molar-refractivity contribution is 0.212. The topological polar surface area (TPSA) is 35.2 Å². The lowest BCUT2D eigenvalue weighted by Gasteiger charge is -2.23. The van der Waals surface area contributed by atoms with E-state index in [-0.39, 0.29) is 11.5 Å². The number of ether oxygens (including phenoxy) is 1. The first kappa shape index (κ1) is 15.6. The van der Waals surface area contributed by atoms with E-state index in [2.05, 4.69) is 58.0 Å². The molecule has 21 heavy (non-hydrogen) atoms. The summed E-state index contributed by atoms with van der Waals surface area (Å²) in [5.74, 6) is 0.905. The molecule has 0 aliphatic carbocycles. The summed E-state index contributed by atoms with van der Waals surface area (Å²) >= 11 is 0. The molecule has 0 aliphatic heterocycles. The second-order valence-corrected chi connectivity index (χ2v) is 6.48. The number of nitrogens with two attached hydrogens (primary N) is 1. The van der Waals surface area contributed by atoms with Crippen LogP contribution in [0.2, 0.25) is 0 Å². The summed E-state index contributed by atoms with van der Waals surface area (Å²) in [5.41, 5.74) is 9.60. The predicted molar refractivity (Wildman–Crippen MR) is 88.7 cm³/mol. The van der Waals surface area contributed by atoms with Crippen molar-refractivity contribution in [2.45, 2.75) is 39.2 Å². The molecule has 112 valence electrons. The Morgan fingerprint density at radius 1 is 1.05 bits per heavy atom. The summed E-state index contributed by atoms with van der Waals surface area (Å²) < 4.78 is 6.12. The molecule has 2 heteroatoms. The van der Waals surface area contributed by atoms with E-state index in [9.17, 15) is 0 Å². The lowest BCUT2D eigenvalue weighted by atomic mass is 9.86. The van der Waals surface area contributed by atoms with Crippen LogP contribution in [0.5, 0.6) is 5.75 Å². The molecule has 2 aromatic rings. The molecule has 0 spiro atoms. The third kappa shape index (κ3) is 3.85. The monoisotopic (exact) mass is 283 g/mol. The fourth-order valence-corrected chi connectivity index (χ4v) is 2.32. The van der Waals surface area contributed by atoms with Crippen LogP contribution in [0.4, 0.5) is 0 Å². The molecule has 0 radical (unpaired) electrons. The molecule has 2 N–H and O–H groups in total. The van der Waals surface area contributed by atoms with Gasteiger partial charge in [-0.2, -0.15) is 0 Å². The maximum Gasteiger partial charge on any atom is 0.136 e. The fourth-order valence-electron chi connectivity index (χ4n) is 2.32. The number of aryl methyl sites for hydroxylation is 1. The van der Waals surface area contributed by atoms with Crippen molar-refractivity contribution in [3.63, 3.8) is 0 Å². The molecule has 0 saturated heterocycles. The maximum atomic E-state index is 6.12. The standard InChI is InChI=1S/C19H25NO/c1-14-12-16(19(2,3)4)10-11-17(14)21-18(13-20)15-8-6-5-7-9-15/h5-12,18H,13,20H2,1-4H3. The van der Waals surface area contributed by atoms with Crippen LogP contribution in [0.25, 0.3) is 0 Å². The summed E-state index contributed by atoms with van der Waals surface area (Å²) in [4.78, 5) is 0. The van der Waals surface area contributed by atoms with E-state index in [1.165, 1.54) is 5.56 Å². The third-order valence-corrected chi connectivity index (χ3v) is 3.70. The van der Waals surface area contributed by atoms with Crippen molar-refractivity contribution in [1.82, 2.24) is 0 Å². The number of hydrogen-bond donors (Lipinski definition) is 1. The Bertz CT molecular complexity index is 584. The van der Waals surface area contributed by atoms with E-state index in [0.717, 1.165) is 16.9 Å². The van der Waals surface area contributed by atoms with Crippen LogP contribution in [0.1, 0.15) is 43.6 Å². The molecule has 0 saturated carbocycles. The first-order valence-electron chi connectivity index (χ1n) is 7.44. The van der Waals surface area contributed by atoms with E-state index in [0.29, 0.717) is 6.54 Å². The quantitative estimate of drug-likeness (QED) is 0.904. The van der Waals surface area contributed by atoms with Crippen molar-refractivity contribution < 1.29 is 4.74 Å². The van der Waals surface area contributed by atoms with Gasteiger partial charge in [0.2, 0.25) is 0 Å². The lowest BCUT2D eigenvalue weighted by Crippen LogP contribution is -2.19. The predicted octanol–water partition coefficient (Wildman–Crippen LogP) is 4.37. The molecule has 0 amide bonds. The van der Waals surface area contributed by atoms with E-state index in [1.54, 1.807) is 0 Å². The largest absolute Gasteiger partial charge is 0.484 e. The van der Waals surface area contributed by atoms with Crippen molar-refractivity contribution in [1.29, 1.82) is 0 Å². The molecule has 1 atom stereocenters. The Labute approximate surface area is 127 Å². The van der Waals surface area contributed by atoms with Crippen molar-refractivity contribution in [2.75, 3.05) is 6.54 Å². The zero-order chi connectivity index (χ0) is 15.5. The smallest absolute Gasteiger partial charge is 0.136 e. The normalized spacial score (nSPS) is 13.0. The first-order chi connectivity index (χ1) is 9.91. The Balaban J connectivity index is 2.23. The van der Waals surface area contributed by atoms with Gasteiger partial charge in [0.25, 0.3) is 0 Å². The Morgan fingerprint density at radius 2 is 1.71 bits per heavy atom. The van der Waals surface area contributed by atoms with Crippen molar-refractivity contribution in [3.05, 3.63) is 65.2 Å². The zero-order valence-corrected chi connectivity index (χ0v) is 13.4. The average Bonchev–Trinajstić information content (AvgIpc) is 2.46. The molecule has 2 rings (SSSR count). The highest BCUT2D eigenvalue weighted by Crippen LogP contribution is 2.30. The molecule has 2 nitrogen and oxygen atoms in total. The molecular formula is C19H25NO. The summed E-state index contributed by atoms with van der Waals surface area (Å²) in [5, 5.41) is 0. The minimum Gasteiger partial charge on any atom is -0.484 e. The van der Waals surface area contributed by atoms with Gasteiger partial charge in [-0.15, -0.1) is 0 Å². The number of benzene rings is 2. The average molecular weight is 283 g/mol. The zero-order valence-electron chi connectivity index (χ0n) is 13.4. The summed E-state index contributed by atoms with van der Waals surface area (Å²) in [6.07, 6.45) is -0.106. The fraction of sp³-hybridized carbons (Fsp3) is 0.368. The second kappa shape index (κ2) is 6.31. The van der Waals surface area contributed by atoms with Crippen LogP contribution in [0.15, 0.2) is 48.5 Å². The number of rotatable bonds is 4. The molecule has 0 heterocycles. The van der Waals surface area contributed by atoms with Gasteiger partial charge in [0.15, 0.2) is 0 Å². The van der Waals surface area contributed by atoms with Crippen LogP contribution in [-0.4, -0.2) is 6.54 Å². The highest BCUT2D eigenvalue weighted by molar-refractivity contribution is 5.39. The third-order valence-electron chi connectivity index (χ3n) is 3.70. The van der Waals surface area contributed by atoms with E-state index < -0.39 is 0 Å². The highest BCUT2D eigenvalue weighted by Gasteiger charge is 2.17. The summed E-state index contributed by atoms with van der Waals surface area (Å²) in [6.45, 7) is 9.20. The van der Waals surface area contributed by atoms with Gasteiger partial charge in [0.1, 0.15) is 11.9 Å². The van der Waals surface area contributed by atoms with E-state index >= 15 is 0 Å². The van der Waals surface area contributed by atoms with Crippen LogP contribution >= 0.6 is 0 Å². The maximum absolute atomic E-state index is 6.12. The van der Waals surface area contributed by atoms with E-state index in [4.69, 9.17) is 10.5 Å². The Hall–Kier alpha value is -1.80. The van der Waals surface area contributed by atoms with Gasteiger partial charge < -0.3 is 10.5 Å². The van der Waals surface area contributed by atoms with Gasteiger partial charge in [0.05, 0.1) is 0 Å². The molecule has 0 aromatic heterocycles. The van der Waals surface area contributed by atoms with Crippen LogP contribution in [-0.2, 0) is 5.41 Å². The van der Waals surface area contributed by atoms with Crippen LogP contribution in [0.3, 0.4) is 0 Å². The molecule has 0 aliphatic rings. The summed E-state index contributed by atoms with van der Waals surface area (Å²) in [6, 6.07) is 16.5. The van der Waals surface area contributed by atoms with Crippen LogP contribution < -0.4 is 10.5 Å². The van der Waals surface area contributed by atoms with Crippen LogP contribution in [0, 0.1) is 6.92 Å². The number of hydrogen-bond acceptors (Lipinski definition) is 2. The minimum atomic E-state index is -0.106. The van der Waals surface area contributed by atoms with Gasteiger partial charge in [-0.25, -0.2) is 0 Å². The van der Waals surface area contributed by atoms with Crippen molar-refractivity contribution in [2.24, 2.45) is 5.73 Å². The SMILES string of the molecule is Cc1cc(C(C)(C)C)ccc1OC(CN)c1ccccc1. The Morgan fingerprint density at radius 3 is 2.24 bits per heavy atom. The van der Waals surface area contributed by atoms with E-state index in [1.807, 2.05) is 18.2 Å². The van der Waals surface area contributed by atoms with Gasteiger partial charge >= 0.3 is 0 Å². The van der Waals surface area contributed by atoms with Gasteiger partial charge in [-0.1, -0.05) is 63.2 Å². The first-order valence-corrected chi connectivity index (χ1v) is 7.44. The second-order valence-electron chi connectivity index (χ2n) is 6.48. The molecular weight excluding hydrogens is 258 g/mol. The summed E-state index contributed by atoms with van der Waals surface area (Å²) in [7, 11) is 0. The molecule has 1 unspecified atom stereocenters. The molecule has 0 bridgehead atoms.